The Balaban J connectivity index is 1.78. The van der Waals surface area contributed by atoms with Gasteiger partial charge in [0.05, 0.1) is 49.2 Å². The lowest BCUT2D eigenvalue weighted by Crippen LogP contribution is -2.37. The highest BCUT2D eigenvalue weighted by molar-refractivity contribution is 7.89. The number of anilines is 3. The molecule has 3 aromatic rings. The first-order chi connectivity index (χ1) is 18.5. The van der Waals surface area contributed by atoms with Gasteiger partial charge in [-0.25, -0.2) is 23.2 Å². The minimum Gasteiger partial charge on any atom is -0.493 e. The number of hydroxylamine groups is 1. The minimum atomic E-state index is -5.38. The van der Waals surface area contributed by atoms with Crippen LogP contribution in [-0.4, -0.2) is 82.6 Å². The second kappa shape index (κ2) is 11.1. The summed E-state index contributed by atoms with van der Waals surface area (Å²) in [6.45, 7) is 1.87. The van der Waals surface area contributed by atoms with Gasteiger partial charge in [-0.1, -0.05) is 0 Å². The van der Waals surface area contributed by atoms with Gasteiger partial charge in [0.1, 0.15) is 12.1 Å². The van der Waals surface area contributed by atoms with Crippen molar-refractivity contribution in [3.8, 4) is 11.5 Å². The molecule has 0 aliphatic carbocycles. The first kappa shape index (κ1) is 28.1. The second-order valence-electron chi connectivity index (χ2n) is 8.14. The molecule has 2 heterocycles. The number of benzene rings is 2. The number of carbonyl (C=O) groups excluding carboxylic acids is 1. The molecule has 0 spiro atoms. The normalized spacial score (nSPS) is 14.4. The zero-order chi connectivity index (χ0) is 28.4. The van der Waals surface area contributed by atoms with Crippen LogP contribution in [0.2, 0.25) is 0 Å². The van der Waals surface area contributed by atoms with E-state index in [1.807, 2.05) is 4.90 Å². The van der Waals surface area contributed by atoms with E-state index in [1.54, 1.807) is 12.1 Å². The Labute approximate surface area is 221 Å². The summed E-state index contributed by atoms with van der Waals surface area (Å²) in [5.74, 6) is -1.54. The number of nitrogens with zero attached hydrogens (tertiary/aromatic N) is 4. The van der Waals surface area contributed by atoms with E-state index < -0.39 is 27.1 Å². The third-order valence-electron chi connectivity index (χ3n) is 5.79. The van der Waals surface area contributed by atoms with Crippen LogP contribution in [0.1, 0.15) is 0 Å². The summed E-state index contributed by atoms with van der Waals surface area (Å²) in [7, 11) is -1.04. The molecule has 1 aliphatic heterocycles. The quantitative estimate of drug-likeness (QED) is 0.400. The van der Waals surface area contributed by atoms with Crippen LogP contribution >= 0.6 is 0 Å². The zero-order valence-corrected chi connectivity index (χ0v) is 21.8. The number of sulfonamides is 1. The van der Waals surface area contributed by atoms with E-state index in [4.69, 9.17) is 14.2 Å². The lowest BCUT2D eigenvalue weighted by atomic mass is 10.2. The maximum atomic E-state index is 13.0. The van der Waals surface area contributed by atoms with Gasteiger partial charge in [0.25, 0.3) is 10.0 Å². The number of morpholine rings is 1. The average molecular weight is 572 g/mol. The Morgan fingerprint density at radius 1 is 1.08 bits per heavy atom. The zero-order valence-electron chi connectivity index (χ0n) is 21.0. The molecule has 1 fully saturated rings. The standard InChI is InChI=1S/C23H24F3N5O7S/c1-30(38-22(32)23(24,25)26)39(33,34)14-4-5-18(31-6-8-37-9-7-31)17(10-14)29-21-15-11-19(35-2)20(36-3)12-16(15)27-13-28-21/h4-5,10-13H,6-9H2,1-3H3,(H,27,28,29). The van der Waals surface area contributed by atoms with Crippen molar-refractivity contribution in [3.05, 3.63) is 36.7 Å². The number of methoxy groups -OCH3 is 2. The monoisotopic (exact) mass is 571 g/mol. The SMILES string of the molecule is COc1cc2ncnc(Nc3cc(S(=O)(=O)N(C)OC(=O)C(F)(F)F)ccc3N3CCOCC3)c2cc1OC. The predicted octanol–water partition coefficient (Wildman–Crippen LogP) is 2.87. The predicted molar refractivity (Wildman–Crippen MR) is 132 cm³/mol. The van der Waals surface area contributed by atoms with Gasteiger partial charge in [-0.05, 0) is 28.7 Å². The maximum Gasteiger partial charge on any atom is 0.492 e. The molecule has 39 heavy (non-hydrogen) atoms. The Hall–Kier alpha value is -3.89. The number of fused-ring (bicyclic) bond motifs is 1. The summed E-state index contributed by atoms with van der Waals surface area (Å²) in [5.41, 5.74) is 1.35. The fourth-order valence-corrected chi connectivity index (χ4v) is 4.80. The molecular formula is C23H24F3N5O7S. The van der Waals surface area contributed by atoms with Crippen LogP contribution in [0.3, 0.4) is 0 Å². The molecule has 0 bridgehead atoms. The van der Waals surface area contributed by atoms with Crippen LogP contribution in [0, 0.1) is 0 Å². The molecule has 0 radical (unpaired) electrons. The summed E-state index contributed by atoms with van der Waals surface area (Å²) in [4.78, 5) is 25.3. The van der Waals surface area contributed by atoms with Crippen LogP contribution in [-0.2, 0) is 24.4 Å². The van der Waals surface area contributed by atoms with E-state index in [0.29, 0.717) is 67.3 Å². The van der Waals surface area contributed by atoms with Gasteiger partial charge in [-0.15, -0.1) is 0 Å². The van der Waals surface area contributed by atoms with Crippen LogP contribution in [0.4, 0.5) is 30.4 Å². The average Bonchev–Trinajstić information content (AvgIpc) is 2.92. The number of hydrogen-bond donors (Lipinski definition) is 1. The molecular weight excluding hydrogens is 547 g/mol. The highest BCUT2D eigenvalue weighted by atomic mass is 32.2. The number of alkyl halides is 3. The number of nitrogens with one attached hydrogen (secondary N) is 1. The maximum absolute atomic E-state index is 13.0. The molecule has 210 valence electrons. The summed E-state index contributed by atoms with van der Waals surface area (Å²) in [6, 6.07) is 7.21. The van der Waals surface area contributed by atoms with Crippen LogP contribution < -0.4 is 19.7 Å². The summed E-state index contributed by atoms with van der Waals surface area (Å²) < 4.78 is 79.9. The number of ether oxygens (including phenoxy) is 3. The Morgan fingerprint density at radius 3 is 2.38 bits per heavy atom. The van der Waals surface area contributed by atoms with Crippen LogP contribution in [0.15, 0.2) is 41.6 Å². The van der Waals surface area contributed by atoms with Crippen molar-refractivity contribution in [3.63, 3.8) is 0 Å². The lowest BCUT2D eigenvalue weighted by molar-refractivity contribution is -0.219. The van der Waals surface area contributed by atoms with E-state index >= 15 is 0 Å². The van der Waals surface area contributed by atoms with Crippen molar-refractivity contribution in [2.24, 2.45) is 0 Å². The molecule has 4 rings (SSSR count). The first-order valence-corrected chi connectivity index (χ1v) is 12.8. The molecule has 0 atom stereocenters. The van der Waals surface area contributed by atoms with Gasteiger partial charge in [0.15, 0.2) is 11.5 Å². The fraction of sp³-hybridized carbons (Fsp3) is 0.348. The fourth-order valence-electron chi connectivity index (χ4n) is 3.83. The molecule has 0 saturated carbocycles. The molecule has 1 saturated heterocycles. The highest BCUT2D eigenvalue weighted by Crippen LogP contribution is 2.37. The van der Waals surface area contributed by atoms with Crippen molar-refractivity contribution in [2.45, 2.75) is 11.1 Å². The molecule has 0 amide bonds. The van der Waals surface area contributed by atoms with Crippen molar-refractivity contribution < 1.29 is 45.4 Å². The summed E-state index contributed by atoms with van der Waals surface area (Å²) in [5, 5.41) is 3.64. The van der Waals surface area contributed by atoms with Gasteiger partial charge >= 0.3 is 12.1 Å². The minimum absolute atomic E-state index is 0.131. The van der Waals surface area contributed by atoms with Gasteiger partial charge in [-0.3, -0.25) is 0 Å². The highest BCUT2D eigenvalue weighted by Gasteiger charge is 2.44. The topological polar surface area (TPSA) is 132 Å². The second-order valence-corrected chi connectivity index (χ2v) is 10.1. The molecule has 0 unspecified atom stereocenters. The molecule has 2 aromatic carbocycles. The smallest absolute Gasteiger partial charge is 0.492 e. The number of aromatic nitrogens is 2. The molecule has 1 N–H and O–H groups in total. The van der Waals surface area contributed by atoms with E-state index in [-0.39, 0.29) is 10.2 Å². The van der Waals surface area contributed by atoms with E-state index in [9.17, 15) is 26.4 Å². The van der Waals surface area contributed by atoms with Gasteiger partial charge < -0.3 is 29.3 Å². The molecule has 16 heteroatoms. The van der Waals surface area contributed by atoms with E-state index in [2.05, 4.69) is 20.1 Å². The third-order valence-corrected chi connectivity index (χ3v) is 7.39. The largest absolute Gasteiger partial charge is 0.493 e. The molecule has 1 aliphatic rings. The van der Waals surface area contributed by atoms with Crippen LogP contribution in [0.5, 0.6) is 11.5 Å². The summed E-state index contributed by atoms with van der Waals surface area (Å²) in [6.07, 6.45) is -4.08. The van der Waals surface area contributed by atoms with E-state index in [0.717, 1.165) is 0 Å². The number of rotatable bonds is 8. The Morgan fingerprint density at radius 2 is 1.74 bits per heavy atom. The number of hydrogen-bond acceptors (Lipinski definition) is 11. The van der Waals surface area contributed by atoms with E-state index in [1.165, 1.54) is 38.7 Å². The van der Waals surface area contributed by atoms with Crippen molar-refractivity contribution in [2.75, 3.05) is 57.8 Å². The molecule has 1 aromatic heterocycles. The number of carbonyl (C=O) groups is 1. The van der Waals surface area contributed by atoms with Crippen LogP contribution in [0.25, 0.3) is 10.9 Å². The lowest BCUT2D eigenvalue weighted by Gasteiger charge is -2.31. The van der Waals surface area contributed by atoms with Gasteiger partial charge in [-0.2, -0.15) is 13.2 Å². The van der Waals surface area contributed by atoms with Crippen molar-refractivity contribution in [1.82, 2.24) is 14.4 Å². The number of halogens is 3. The summed E-state index contributed by atoms with van der Waals surface area (Å²) >= 11 is 0. The van der Waals surface area contributed by atoms with Crippen molar-refractivity contribution in [1.29, 1.82) is 0 Å². The first-order valence-electron chi connectivity index (χ1n) is 11.3. The van der Waals surface area contributed by atoms with Gasteiger partial charge in [0, 0.05) is 31.6 Å². The Kier molecular flexibility index (Phi) is 7.99. The van der Waals surface area contributed by atoms with Crippen molar-refractivity contribution >= 4 is 44.1 Å². The third kappa shape index (κ3) is 5.91. The Bertz CT molecular complexity index is 1480. The van der Waals surface area contributed by atoms with Gasteiger partial charge in [0.2, 0.25) is 0 Å². The molecule has 12 nitrogen and oxygen atoms in total.